The number of hydrogen-bond acceptors (Lipinski definition) is 2. The van der Waals surface area contributed by atoms with Crippen LogP contribution in [0.3, 0.4) is 0 Å². The highest BCUT2D eigenvalue weighted by Gasteiger charge is 2.42. The van der Waals surface area contributed by atoms with Crippen molar-refractivity contribution in [1.29, 1.82) is 0 Å². The van der Waals surface area contributed by atoms with Crippen LogP contribution in [0, 0.1) is 0 Å². The van der Waals surface area contributed by atoms with Gasteiger partial charge in [0.2, 0.25) is 0 Å². The molecule has 13 heavy (non-hydrogen) atoms. The number of aromatic nitrogens is 1. The molecule has 70 valence electrons. The van der Waals surface area contributed by atoms with Gasteiger partial charge in [-0.2, -0.15) is 8.78 Å². The number of alkyl halides is 2. The maximum atomic E-state index is 12.9. The molecule has 1 N–H and O–H groups in total. The summed E-state index contributed by atoms with van der Waals surface area (Å²) < 4.78 is 25.7. The summed E-state index contributed by atoms with van der Waals surface area (Å²) in [6.07, 6.45) is 2.23. The average molecular weight is 252 g/mol. The monoisotopic (exact) mass is 251 g/mol. The summed E-state index contributed by atoms with van der Waals surface area (Å²) in [7, 11) is 0. The van der Waals surface area contributed by atoms with E-state index in [4.69, 9.17) is 5.11 Å². The second-order valence-electron chi connectivity index (χ2n) is 2.24. The summed E-state index contributed by atoms with van der Waals surface area (Å²) in [5, 5.41) is 8.23. The van der Waals surface area contributed by atoms with Crippen LogP contribution in [0.2, 0.25) is 0 Å². The number of aliphatic carboxylic acids is 1. The van der Waals surface area contributed by atoms with Gasteiger partial charge in [0.15, 0.2) is 0 Å². The van der Waals surface area contributed by atoms with Gasteiger partial charge in [-0.05, 0) is 22.0 Å². The van der Waals surface area contributed by atoms with Crippen LogP contribution < -0.4 is 0 Å². The van der Waals surface area contributed by atoms with Crippen LogP contribution in [-0.4, -0.2) is 16.1 Å². The van der Waals surface area contributed by atoms with Crippen molar-refractivity contribution >= 4 is 21.9 Å². The second-order valence-corrected chi connectivity index (χ2v) is 3.09. The number of nitrogens with zero attached hydrogens (tertiary/aromatic N) is 1. The normalized spacial score (nSPS) is 11.3. The topological polar surface area (TPSA) is 50.2 Å². The van der Waals surface area contributed by atoms with Gasteiger partial charge in [0.1, 0.15) is 0 Å². The number of pyridine rings is 1. The van der Waals surface area contributed by atoms with Gasteiger partial charge < -0.3 is 5.11 Å². The molecule has 0 spiro atoms. The lowest BCUT2D eigenvalue weighted by molar-refractivity contribution is -0.166. The lowest BCUT2D eigenvalue weighted by Crippen LogP contribution is -2.25. The molecule has 1 heterocycles. The largest absolute Gasteiger partial charge is 0.477 e. The van der Waals surface area contributed by atoms with Crippen molar-refractivity contribution in [3.05, 3.63) is 28.5 Å². The Morgan fingerprint density at radius 1 is 1.62 bits per heavy atom. The van der Waals surface area contributed by atoms with Gasteiger partial charge in [0, 0.05) is 22.4 Å². The molecule has 0 bridgehead atoms. The first-order valence-corrected chi connectivity index (χ1v) is 3.96. The molecule has 0 aliphatic heterocycles. The first-order valence-electron chi connectivity index (χ1n) is 3.17. The van der Waals surface area contributed by atoms with E-state index >= 15 is 0 Å². The standard InChI is InChI=1S/C7H4BrF2NO2/c8-5-3-11-2-1-4(5)7(9,10)6(12)13/h1-3H,(H,12,13). The number of carboxylic acid groups (broad SMARTS) is 1. The Morgan fingerprint density at radius 3 is 2.69 bits per heavy atom. The highest BCUT2D eigenvalue weighted by atomic mass is 79.9. The number of hydrogen-bond donors (Lipinski definition) is 1. The predicted molar refractivity (Wildman–Crippen MR) is 43.5 cm³/mol. The van der Waals surface area contributed by atoms with E-state index in [-0.39, 0.29) is 4.47 Å². The van der Waals surface area contributed by atoms with Crippen molar-refractivity contribution in [1.82, 2.24) is 4.98 Å². The Bertz CT molecular complexity index is 343. The first-order chi connectivity index (χ1) is 5.96. The summed E-state index contributed by atoms with van der Waals surface area (Å²) in [5.74, 6) is -6.07. The number of rotatable bonds is 2. The number of carboxylic acids is 1. The Morgan fingerprint density at radius 2 is 2.23 bits per heavy atom. The van der Waals surface area contributed by atoms with Gasteiger partial charge in [-0.1, -0.05) is 0 Å². The molecule has 1 aromatic rings. The Labute approximate surface area is 80.5 Å². The van der Waals surface area contributed by atoms with E-state index in [1.165, 1.54) is 0 Å². The Balaban J connectivity index is 3.22. The van der Waals surface area contributed by atoms with Crippen LogP contribution in [0.1, 0.15) is 5.56 Å². The lowest BCUT2D eigenvalue weighted by atomic mass is 10.1. The summed E-state index contributed by atoms with van der Waals surface area (Å²) in [6, 6.07) is 0.957. The zero-order chi connectivity index (χ0) is 10.1. The number of carbonyl (C=O) groups is 1. The molecular weight excluding hydrogens is 248 g/mol. The fourth-order valence-electron chi connectivity index (χ4n) is 0.745. The SMILES string of the molecule is O=C(O)C(F)(F)c1ccncc1Br. The minimum Gasteiger partial charge on any atom is -0.477 e. The van der Waals surface area contributed by atoms with Crippen LogP contribution in [0.5, 0.6) is 0 Å². The maximum absolute atomic E-state index is 12.9. The van der Waals surface area contributed by atoms with Crippen molar-refractivity contribution in [3.63, 3.8) is 0 Å². The molecule has 6 heteroatoms. The Kier molecular flexibility index (Phi) is 2.60. The van der Waals surface area contributed by atoms with Crippen molar-refractivity contribution in [2.75, 3.05) is 0 Å². The third-order valence-corrected chi connectivity index (χ3v) is 2.01. The lowest BCUT2D eigenvalue weighted by Gasteiger charge is -2.11. The first kappa shape index (κ1) is 10.0. The quantitative estimate of drug-likeness (QED) is 0.875. The summed E-state index contributed by atoms with van der Waals surface area (Å²) in [6.45, 7) is 0. The van der Waals surface area contributed by atoms with E-state index in [9.17, 15) is 13.6 Å². The highest BCUT2D eigenvalue weighted by Crippen LogP contribution is 2.32. The summed E-state index contributed by atoms with van der Waals surface area (Å²) in [5.41, 5.74) is -0.602. The fourth-order valence-corrected chi connectivity index (χ4v) is 1.24. The average Bonchev–Trinajstić information content (AvgIpc) is 2.04. The molecule has 0 aliphatic carbocycles. The molecule has 0 saturated heterocycles. The van der Waals surface area contributed by atoms with Gasteiger partial charge >= 0.3 is 11.9 Å². The van der Waals surface area contributed by atoms with Gasteiger partial charge in [0.05, 0.1) is 0 Å². The van der Waals surface area contributed by atoms with Gasteiger partial charge in [-0.15, -0.1) is 0 Å². The molecule has 0 fully saturated rings. The summed E-state index contributed by atoms with van der Waals surface area (Å²) >= 11 is 2.79. The fraction of sp³-hybridized carbons (Fsp3) is 0.143. The van der Waals surface area contributed by atoms with Gasteiger partial charge in [-0.3, -0.25) is 4.98 Å². The van der Waals surface area contributed by atoms with Crippen LogP contribution >= 0.6 is 15.9 Å². The molecule has 0 aromatic carbocycles. The summed E-state index contributed by atoms with van der Waals surface area (Å²) in [4.78, 5) is 13.7. The molecule has 0 amide bonds. The third-order valence-electron chi connectivity index (χ3n) is 1.38. The van der Waals surface area contributed by atoms with Crippen molar-refractivity contribution in [2.45, 2.75) is 5.92 Å². The molecule has 0 radical (unpaired) electrons. The zero-order valence-corrected chi connectivity index (χ0v) is 7.75. The van der Waals surface area contributed by atoms with E-state index in [0.717, 1.165) is 18.5 Å². The van der Waals surface area contributed by atoms with Gasteiger partial charge in [0.25, 0.3) is 0 Å². The van der Waals surface area contributed by atoms with E-state index in [1.807, 2.05) is 0 Å². The van der Waals surface area contributed by atoms with Gasteiger partial charge in [-0.25, -0.2) is 4.79 Å². The Hall–Kier alpha value is -1.04. The van der Waals surface area contributed by atoms with E-state index in [0.29, 0.717) is 0 Å². The van der Waals surface area contributed by atoms with Crippen LogP contribution in [-0.2, 0) is 10.7 Å². The van der Waals surface area contributed by atoms with E-state index in [1.54, 1.807) is 0 Å². The molecule has 0 unspecified atom stereocenters. The van der Waals surface area contributed by atoms with E-state index in [2.05, 4.69) is 20.9 Å². The minimum atomic E-state index is -3.89. The molecule has 0 aliphatic rings. The molecule has 1 rings (SSSR count). The van der Waals surface area contributed by atoms with E-state index < -0.39 is 17.5 Å². The number of halogens is 3. The third kappa shape index (κ3) is 1.82. The zero-order valence-electron chi connectivity index (χ0n) is 6.17. The van der Waals surface area contributed by atoms with Crippen LogP contribution in [0.15, 0.2) is 22.9 Å². The molecule has 3 nitrogen and oxygen atoms in total. The van der Waals surface area contributed by atoms with Crippen molar-refractivity contribution in [2.24, 2.45) is 0 Å². The highest BCUT2D eigenvalue weighted by molar-refractivity contribution is 9.10. The predicted octanol–water partition coefficient (Wildman–Crippen LogP) is 2.02. The second kappa shape index (κ2) is 3.37. The van der Waals surface area contributed by atoms with Crippen molar-refractivity contribution in [3.8, 4) is 0 Å². The van der Waals surface area contributed by atoms with Crippen LogP contribution in [0.25, 0.3) is 0 Å². The molecule has 1 aromatic heterocycles. The molecule has 0 saturated carbocycles. The minimum absolute atomic E-state index is 0.0256. The maximum Gasteiger partial charge on any atom is 0.379 e. The van der Waals surface area contributed by atoms with Crippen molar-refractivity contribution < 1.29 is 18.7 Å². The molecular formula is C7H4BrF2NO2. The van der Waals surface area contributed by atoms with Crippen LogP contribution in [0.4, 0.5) is 8.78 Å². The smallest absolute Gasteiger partial charge is 0.379 e. The molecule has 0 atom stereocenters.